The average Bonchev–Trinajstić information content (AvgIpc) is 3.13. The third-order valence-corrected chi connectivity index (χ3v) is 5.39. The molecule has 0 aliphatic carbocycles. The number of nitrogens with zero attached hydrogens (tertiary/aromatic N) is 4. The van der Waals surface area contributed by atoms with Gasteiger partial charge >= 0.3 is 0 Å². The first-order valence-electron chi connectivity index (χ1n) is 8.89. The third kappa shape index (κ3) is 2.73. The molecule has 1 atom stereocenters. The zero-order valence-electron chi connectivity index (χ0n) is 15.3. The maximum Gasteiger partial charge on any atom is 0.253 e. The molecule has 26 heavy (non-hydrogen) atoms. The number of ether oxygens (including phenoxy) is 1. The molecule has 1 aliphatic rings. The van der Waals surface area contributed by atoms with Gasteiger partial charge in [0.2, 0.25) is 0 Å². The quantitative estimate of drug-likeness (QED) is 0.783. The standard InChI is InChI=1S/C19H23N5O2/c1-12-18(15-10-14(26-3)5-6-16(15)23(12)2)19(25)21-13-4-7-17-22-20-11-24(17)9-8-13/h5-6,10-11,13H,4,7-9H2,1-3H3,(H,21,25). The molecule has 0 radical (unpaired) electrons. The van der Waals surface area contributed by atoms with Crippen molar-refractivity contribution in [2.24, 2.45) is 7.05 Å². The minimum Gasteiger partial charge on any atom is -0.497 e. The van der Waals surface area contributed by atoms with Gasteiger partial charge < -0.3 is 19.2 Å². The first-order valence-corrected chi connectivity index (χ1v) is 8.89. The van der Waals surface area contributed by atoms with Gasteiger partial charge in [-0.2, -0.15) is 0 Å². The molecule has 1 aromatic carbocycles. The Kier molecular flexibility index (Phi) is 4.14. The zero-order chi connectivity index (χ0) is 18.3. The van der Waals surface area contributed by atoms with Gasteiger partial charge in [-0.05, 0) is 38.0 Å². The number of carbonyl (C=O) groups excluding carboxylic acids is 1. The first kappa shape index (κ1) is 16.6. The van der Waals surface area contributed by atoms with Gasteiger partial charge in [0, 0.05) is 42.7 Å². The van der Waals surface area contributed by atoms with E-state index in [0.29, 0.717) is 0 Å². The molecule has 3 aromatic rings. The summed E-state index contributed by atoms with van der Waals surface area (Å²) in [5.74, 6) is 1.72. The second-order valence-corrected chi connectivity index (χ2v) is 6.84. The molecule has 136 valence electrons. The van der Waals surface area contributed by atoms with Crippen LogP contribution in [-0.2, 0) is 20.0 Å². The van der Waals surface area contributed by atoms with E-state index in [-0.39, 0.29) is 11.9 Å². The number of hydrogen-bond donors (Lipinski definition) is 1. The molecule has 1 aliphatic heterocycles. The van der Waals surface area contributed by atoms with Crippen molar-refractivity contribution in [3.63, 3.8) is 0 Å². The molecular weight excluding hydrogens is 330 g/mol. The summed E-state index contributed by atoms with van der Waals surface area (Å²) in [6.45, 7) is 2.81. The molecule has 0 fully saturated rings. The Labute approximate surface area is 152 Å². The number of methoxy groups -OCH3 is 1. The highest BCUT2D eigenvalue weighted by Gasteiger charge is 2.23. The Bertz CT molecular complexity index is 949. The number of rotatable bonds is 3. The van der Waals surface area contributed by atoms with Crippen molar-refractivity contribution < 1.29 is 9.53 Å². The molecule has 1 N–H and O–H groups in total. The number of amides is 1. The number of aromatic nitrogens is 4. The second-order valence-electron chi connectivity index (χ2n) is 6.84. The fourth-order valence-electron chi connectivity index (χ4n) is 3.77. The highest BCUT2D eigenvalue weighted by Crippen LogP contribution is 2.29. The largest absolute Gasteiger partial charge is 0.497 e. The van der Waals surface area contributed by atoms with Crippen molar-refractivity contribution >= 4 is 16.8 Å². The molecular formula is C19H23N5O2. The first-order chi connectivity index (χ1) is 12.6. The van der Waals surface area contributed by atoms with Gasteiger partial charge in [0.15, 0.2) is 0 Å². The van der Waals surface area contributed by atoms with Gasteiger partial charge in [-0.15, -0.1) is 10.2 Å². The molecule has 0 saturated heterocycles. The van der Waals surface area contributed by atoms with E-state index >= 15 is 0 Å². The van der Waals surface area contributed by atoms with Crippen molar-refractivity contribution in [3.05, 3.63) is 41.6 Å². The van der Waals surface area contributed by atoms with Gasteiger partial charge in [-0.25, -0.2) is 0 Å². The van der Waals surface area contributed by atoms with E-state index in [4.69, 9.17) is 4.74 Å². The van der Waals surface area contributed by atoms with E-state index in [0.717, 1.165) is 59.5 Å². The summed E-state index contributed by atoms with van der Waals surface area (Å²) in [7, 11) is 3.62. The van der Waals surface area contributed by atoms with Crippen LogP contribution < -0.4 is 10.1 Å². The number of hydrogen-bond acceptors (Lipinski definition) is 4. The van der Waals surface area contributed by atoms with E-state index in [1.165, 1.54) is 0 Å². The number of fused-ring (bicyclic) bond motifs is 2. The molecule has 0 bridgehead atoms. The van der Waals surface area contributed by atoms with E-state index < -0.39 is 0 Å². The van der Waals surface area contributed by atoms with Crippen molar-refractivity contribution in [1.29, 1.82) is 0 Å². The van der Waals surface area contributed by atoms with Crippen molar-refractivity contribution in [1.82, 2.24) is 24.6 Å². The van der Waals surface area contributed by atoms with Gasteiger partial charge in [-0.1, -0.05) is 0 Å². The Hall–Kier alpha value is -2.83. The molecule has 1 unspecified atom stereocenters. The fourth-order valence-corrected chi connectivity index (χ4v) is 3.77. The van der Waals surface area contributed by atoms with Crippen LogP contribution in [0.25, 0.3) is 10.9 Å². The lowest BCUT2D eigenvalue weighted by atomic mass is 10.1. The van der Waals surface area contributed by atoms with Crippen molar-refractivity contribution in [3.8, 4) is 5.75 Å². The SMILES string of the molecule is COc1ccc2c(c1)c(C(=O)NC1CCc3nncn3CC1)c(C)n2C. The molecule has 1 amide bonds. The van der Waals surface area contributed by atoms with Crippen LogP contribution in [0.5, 0.6) is 5.75 Å². The van der Waals surface area contributed by atoms with Gasteiger partial charge in [0.05, 0.1) is 12.7 Å². The predicted octanol–water partition coefficient (Wildman–Crippen LogP) is 2.22. The minimum atomic E-state index is -0.0241. The normalized spacial score (nSPS) is 17.0. The molecule has 0 saturated carbocycles. The summed E-state index contributed by atoms with van der Waals surface area (Å²) in [5, 5.41) is 12.3. The topological polar surface area (TPSA) is 74.0 Å². The van der Waals surface area contributed by atoms with Crippen LogP contribution in [0.15, 0.2) is 24.5 Å². The van der Waals surface area contributed by atoms with Crippen LogP contribution >= 0.6 is 0 Å². The Morgan fingerprint density at radius 3 is 3.00 bits per heavy atom. The van der Waals surface area contributed by atoms with E-state index in [2.05, 4.69) is 24.6 Å². The third-order valence-electron chi connectivity index (χ3n) is 5.39. The summed E-state index contributed by atoms with van der Waals surface area (Å²) >= 11 is 0. The average molecular weight is 353 g/mol. The van der Waals surface area contributed by atoms with Crippen molar-refractivity contribution in [2.75, 3.05) is 7.11 Å². The highest BCUT2D eigenvalue weighted by atomic mass is 16.5. The highest BCUT2D eigenvalue weighted by molar-refractivity contribution is 6.08. The summed E-state index contributed by atoms with van der Waals surface area (Å²) in [6.07, 6.45) is 4.34. The number of carbonyl (C=O) groups is 1. The van der Waals surface area contributed by atoms with Crippen LogP contribution in [0.2, 0.25) is 0 Å². The van der Waals surface area contributed by atoms with Crippen molar-refractivity contribution in [2.45, 2.75) is 38.8 Å². The van der Waals surface area contributed by atoms with Crippen LogP contribution in [0.4, 0.5) is 0 Å². The summed E-state index contributed by atoms with van der Waals surface area (Å²) in [6, 6.07) is 5.98. The summed E-state index contributed by atoms with van der Waals surface area (Å²) in [5.41, 5.74) is 2.71. The smallest absolute Gasteiger partial charge is 0.253 e. The molecule has 3 heterocycles. The lowest BCUT2D eigenvalue weighted by molar-refractivity contribution is 0.0933. The minimum absolute atomic E-state index is 0.0241. The summed E-state index contributed by atoms with van der Waals surface area (Å²) < 4.78 is 9.47. The maximum atomic E-state index is 13.1. The lowest BCUT2D eigenvalue weighted by Crippen LogP contribution is -2.35. The molecule has 7 heteroatoms. The van der Waals surface area contributed by atoms with Crippen LogP contribution in [-0.4, -0.2) is 38.4 Å². The Morgan fingerprint density at radius 2 is 2.19 bits per heavy atom. The Balaban J connectivity index is 1.60. The van der Waals surface area contributed by atoms with Gasteiger partial charge in [-0.3, -0.25) is 4.79 Å². The van der Waals surface area contributed by atoms with Gasteiger partial charge in [0.1, 0.15) is 17.9 Å². The molecule has 0 spiro atoms. The molecule has 2 aromatic heterocycles. The molecule has 7 nitrogen and oxygen atoms in total. The van der Waals surface area contributed by atoms with E-state index in [1.54, 1.807) is 13.4 Å². The monoisotopic (exact) mass is 353 g/mol. The second kappa shape index (κ2) is 6.48. The van der Waals surface area contributed by atoms with E-state index in [1.807, 2.05) is 32.2 Å². The van der Waals surface area contributed by atoms with Gasteiger partial charge in [0.25, 0.3) is 5.91 Å². The maximum absolute atomic E-state index is 13.1. The van der Waals surface area contributed by atoms with Crippen LogP contribution in [0.3, 0.4) is 0 Å². The number of benzene rings is 1. The number of aryl methyl sites for hydroxylation is 3. The van der Waals surface area contributed by atoms with Crippen LogP contribution in [0.1, 0.15) is 34.7 Å². The predicted molar refractivity (Wildman–Crippen MR) is 98.4 cm³/mol. The number of nitrogens with one attached hydrogen (secondary N) is 1. The Morgan fingerprint density at radius 1 is 1.35 bits per heavy atom. The van der Waals surface area contributed by atoms with Crippen LogP contribution in [0, 0.1) is 6.92 Å². The lowest BCUT2D eigenvalue weighted by Gasteiger charge is -2.16. The zero-order valence-corrected chi connectivity index (χ0v) is 15.3. The fraction of sp³-hybridized carbons (Fsp3) is 0.421. The summed E-state index contributed by atoms with van der Waals surface area (Å²) in [4.78, 5) is 13.1. The van der Waals surface area contributed by atoms with E-state index in [9.17, 15) is 4.79 Å². The molecule has 4 rings (SSSR count).